The number of imide groups is 1. The summed E-state index contributed by atoms with van der Waals surface area (Å²) >= 11 is 1.31. The zero-order valence-electron chi connectivity index (χ0n) is 18.9. The number of nitrogens with two attached hydrogens (primary N) is 1. The van der Waals surface area contributed by atoms with Crippen molar-refractivity contribution < 1.29 is 14.4 Å². The average Bonchev–Trinajstić information content (AvgIpc) is 3.39. The minimum atomic E-state index is -0.942. The predicted octanol–water partition coefficient (Wildman–Crippen LogP) is 3.01. The number of nitrogens with one attached hydrogen (secondary N) is 1. The molecule has 2 aromatic heterocycles. The van der Waals surface area contributed by atoms with Crippen LogP contribution in [0.5, 0.6) is 0 Å². The third-order valence-corrected chi connectivity index (χ3v) is 6.82. The molecule has 1 fully saturated rings. The summed E-state index contributed by atoms with van der Waals surface area (Å²) < 4.78 is 0. The Labute approximate surface area is 201 Å². The number of carbonyl (C=O) groups excluding carboxylic acids is 3. The van der Waals surface area contributed by atoms with Crippen molar-refractivity contribution in [2.75, 3.05) is 17.7 Å². The number of urea groups is 1. The fraction of sp³-hybridized carbons (Fsp3) is 0.292. The summed E-state index contributed by atoms with van der Waals surface area (Å²) in [7, 11) is 1.62. The number of amides is 4. The number of β-lactam (4-membered cyclic amide) rings is 1. The second-order valence-electron chi connectivity index (χ2n) is 8.11. The van der Waals surface area contributed by atoms with Gasteiger partial charge in [-0.3, -0.25) is 19.5 Å². The van der Waals surface area contributed by atoms with Crippen molar-refractivity contribution in [2.45, 2.75) is 31.8 Å². The topological polar surface area (TPSA) is 122 Å². The Balaban J connectivity index is 1.58. The Morgan fingerprint density at radius 2 is 2.03 bits per heavy atom. The molecule has 0 aliphatic carbocycles. The minimum Gasteiger partial charge on any atom is -0.384 e. The van der Waals surface area contributed by atoms with Crippen LogP contribution in [-0.2, 0) is 16.0 Å². The van der Waals surface area contributed by atoms with Gasteiger partial charge in [0.05, 0.1) is 23.7 Å². The first kappa shape index (κ1) is 23.4. The van der Waals surface area contributed by atoms with Crippen molar-refractivity contribution in [3.05, 3.63) is 71.5 Å². The van der Waals surface area contributed by atoms with E-state index in [4.69, 9.17) is 5.73 Å². The van der Waals surface area contributed by atoms with Crippen LogP contribution in [0.15, 0.2) is 60.4 Å². The Morgan fingerprint density at radius 3 is 2.68 bits per heavy atom. The number of nitrogens with zero attached hydrogens (tertiary/aromatic N) is 4. The zero-order chi connectivity index (χ0) is 24.2. The monoisotopic (exact) mass is 478 g/mol. The summed E-state index contributed by atoms with van der Waals surface area (Å²) in [4.78, 5) is 50.4. The van der Waals surface area contributed by atoms with Crippen molar-refractivity contribution >= 4 is 40.0 Å². The Morgan fingerprint density at radius 1 is 1.26 bits per heavy atom. The van der Waals surface area contributed by atoms with Gasteiger partial charge in [0.2, 0.25) is 5.91 Å². The minimum absolute atomic E-state index is 0.276. The van der Waals surface area contributed by atoms with E-state index in [-0.39, 0.29) is 18.4 Å². The molecule has 3 aromatic rings. The molecule has 1 saturated heterocycles. The maximum Gasteiger partial charge on any atom is 0.325 e. The number of thiazole rings is 1. The maximum atomic E-state index is 13.5. The summed E-state index contributed by atoms with van der Waals surface area (Å²) in [5.41, 5.74) is 9.12. The van der Waals surface area contributed by atoms with Crippen LogP contribution < -0.4 is 16.0 Å². The molecule has 3 heterocycles. The van der Waals surface area contributed by atoms with Gasteiger partial charge in [0.25, 0.3) is 5.91 Å². The summed E-state index contributed by atoms with van der Waals surface area (Å²) in [6.45, 7) is 1.95. The lowest BCUT2D eigenvalue weighted by atomic mass is 9.81. The van der Waals surface area contributed by atoms with Gasteiger partial charge in [-0.25, -0.2) is 9.78 Å². The first-order valence-corrected chi connectivity index (χ1v) is 11.8. The van der Waals surface area contributed by atoms with E-state index in [9.17, 15) is 14.4 Å². The molecular formula is C24H26N6O3S. The summed E-state index contributed by atoms with van der Waals surface area (Å²) in [6, 6.07) is 11.2. The SMILES string of the molecule is CC[C@@H](NC(=O)N1C(=O)[C@H](Cc2ccnc(N)c2)[C@H]1C(=O)N(C)c1cncs1)c1ccccc1. The number of hydrogen-bond acceptors (Lipinski definition) is 7. The van der Waals surface area contributed by atoms with Crippen LogP contribution in [0.2, 0.25) is 0 Å². The van der Waals surface area contributed by atoms with E-state index in [1.54, 1.807) is 37.1 Å². The van der Waals surface area contributed by atoms with Gasteiger partial charge in [0.1, 0.15) is 16.9 Å². The van der Waals surface area contributed by atoms with Crippen LogP contribution >= 0.6 is 11.3 Å². The van der Waals surface area contributed by atoms with Gasteiger partial charge in [-0.2, -0.15) is 0 Å². The number of hydrogen-bond donors (Lipinski definition) is 2. The Kier molecular flexibility index (Phi) is 6.87. The highest BCUT2D eigenvalue weighted by atomic mass is 32.1. The molecule has 0 unspecified atom stereocenters. The molecule has 3 N–H and O–H groups in total. The van der Waals surface area contributed by atoms with Gasteiger partial charge in [0.15, 0.2) is 0 Å². The highest BCUT2D eigenvalue weighted by Crippen LogP contribution is 2.34. The van der Waals surface area contributed by atoms with Gasteiger partial charge in [-0.15, -0.1) is 11.3 Å². The highest BCUT2D eigenvalue weighted by Gasteiger charge is 2.55. The van der Waals surface area contributed by atoms with Crippen LogP contribution in [0.1, 0.15) is 30.5 Å². The van der Waals surface area contributed by atoms with E-state index in [1.807, 2.05) is 37.3 Å². The Bertz CT molecular complexity index is 1170. The number of nitrogen functional groups attached to an aromatic ring is 1. The van der Waals surface area contributed by atoms with Crippen molar-refractivity contribution in [2.24, 2.45) is 5.92 Å². The number of likely N-dealkylation sites (tertiary alicyclic amines) is 1. The smallest absolute Gasteiger partial charge is 0.325 e. The lowest BCUT2D eigenvalue weighted by Gasteiger charge is -2.45. The molecule has 176 valence electrons. The third kappa shape index (κ3) is 4.62. The fourth-order valence-corrected chi connectivity index (χ4v) is 4.74. The van der Waals surface area contributed by atoms with E-state index in [1.165, 1.54) is 16.2 Å². The average molecular weight is 479 g/mol. The third-order valence-electron chi connectivity index (χ3n) is 5.98. The van der Waals surface area contributed by atoms with E-state index >= 15 is 0 Å². The quantitative estimate of drug-likeness (QED) is 0.504. The molecule has 1 aliphatic heterocycles. The number of benzene rings is 1. The van der Waals surface area contributed by atoms with Gasteiger partial charge in [-0.1, -0.05) is 37.3 Å². The zero-order valence-corrected chi connectivity index (χ0v) is 19.7. The molecule has 4 amide bonds. The molecule has 9 nitrogen and oxygen atoms in total. The summed E-state index contributed by atoms with van der Waals surface area (Å²) in [5.74, 6) is -1.10. The molecule has 1 aromatic carbocycles. The number of pyridine rings is 1. The van der Waals surface area contributed by atoms with Crippen LogP contribution in [-0.4, -0.2) is 45.8 Å². The molecule has 1 aliphatic rings. The van der Waals surface area contributed by atoms with Gasteiger partial charge in [-0.05, 0) is 36.1 Å². The molecule has 0 spiro atoms. The van der Waals surface area contributed by atoms with Crippen molar-refractivity contribution in [1.82, 2.24) is 20.2 Å². The van der Waals surface area contributed by atoms with E-state index in [0.29, 0.717) is 17.2 Å². The molecule has 0 bridgehead atoms. The molecular weight excluding hydrogens is 452 g/mol. The summed E-state index contributed by atoms with van der Waals surface area (Å²) in [6.07, 6.45) is 4.05. The number of likely N-dealkylation sites (N-methyl/N-ethyl adjacent to an activating group) is 1. The molecule has 34 heavy (non-hydrogen) atoms. The molecule has 3 atom stereocenters. The second kappa shape index (κ2) is 10.0. The van der Waals surface area contributed by atoms with Crippen LogP contribution in [0.4, 0.5) is 15.6 Å². The van der Waals surface area contributed by atoms with Crippen molar-refractivity contribution in [3.8, 4) is 0 Å². The second-order valence-corrected chi connectivity index (χ2v) is 8.98. The first-order valence-electron chi connectivity index (χ1n) is 11.0. The van der Waals surface area contributed by atoms with Crippen LogP contribution in [0.25, 0.3) is 0 Å². The number of aromatic nitrogens is 2. The van der Waals surface area contributed by atoms with Gasteiger partial charge >= 0.3 is 6.03 Å². The maximum absolute atomic E-state index is 13.5. The molecule has 10 heteroatoms. The van der Waals surface area contributed by atoms with E-state index in [2.05, 4.69) is 15.3 Å². The Hall–Kier alpha value is -3.79. The van der Waals surface area contributed by atoms with E-state index in [0.717, 1.165) is 16.0 Å². The van der Waals surface area contributed by atoms with Gasteiger partial charge in [0, 0.05) is 13.2 Å². The molecule has 0 saturated carbocycles. The number of anilines is 2. The predicted molar refractivity (Wildman–Crippen MR) is 130 cm³/mol. The lowest BCUT2D eigenvalue weighted by Crippen LogP contribution is -2.70. The van der Waals surface area contributed by atoms with E-state index < -0.39 is 23.9 Å². The molecule has 4 rings (SSSR count). The molecule has 0 radical (unpaired) electrons. The van der Waals surface area contributed by atoms with Crippen LogP contribution in [0, 0.1) is 5.92 Å². The summed E-state index contributed by atoms with van der Waals surface area (Å²) in [5, 5.41) is 3.55. The van der Waals surface area contributed by atoms with Crippen LogP contribution in [0.3, 0.4) is 0 Å². The largest absolute Gasteiger partial charge is 0.384 e. The first-order chi connectivity index (χ1) is 16.4. The van der Waals surface area contributed by atoms with Gasteiger partial charge < -0.3 is 16.0 Å². The standard InChI is InChI=1S/C24H26N6O3S/c1-3-18(16-7-5-4-6-8-16)28-24(33)30-21(23(32)29(2)20-13-26-14-34-20)17(22(30)31)11-15-9-10-27-19(25)12-15/h4-10,12-14,17-18,21H,3,11H2,1-2H3,(H2,25,27)(H,28,33)/t17-,18-,21+/m1/s1. The lowest BCUT2D eigenvalue weighted by molar-refractivity contribution is -0.156. The number of carbonyl (C=O) groups is 3. The van der Waals surface area contributed by atoms with Crippen molar-refractivity contribution in [1.29, 1.82) is 0 Å². The van der Waals surface area contributed by atoms with Crippen molar-refractivity contribution in [3.63, 3.8) is 0 Å². The number of rotatable bonds is 7. The highest BCUT2D eigenvalue weighted by molar-refractivity contribution is 7.14. The fourth-order valence-electron chi connectivity index (χ4n) is 4.14. The normalized spacial score (nSPS) is 18.2.